The molecule has 0 unspecified atom stereocenters. The van der Waals surface area contributed by atoms with Gasteiger partial charge in [-0.05, 0) is 32.1 Å². The summed E-state index contributed by atoms with van der Waals surface area (Å²) in [5.41, 5.74) is 1.40. The van der Waals surface area contributed by atoms with E-state index in [1.54, 1.807) is 0 Å². The van der Waals surface area contributed by atoms with Crippen LogP contribution in [-0.2, 0) is 6.54 Å². The topological polar surface area (TPSA) is 33.1 Å². The molecule has 4 nitrogen and oxygen atoms in total. The number of thioether (sulfide) groups is 1. The highest BCUT2D eigenvalue weighted by Gasteiger charge is 2.25. The van der Waals surface area contributed by atoms with Gasteiger partial charge in [0.25, 0.3) is 0 Å². The molecule has 5 heteroatoms. The van der Waals surface area contributed by atoms with Crippen LogP contribution in [0.2, 0.25) is 0 Å². The van der Waals surface area contributed by atoms with Gasteiger partial charge in [-0.25, -0.2) is 0 Å². The van der Waals surface area contributed by atoms with Crippen LogP contribution in [0.4, 0.5) is 5.82 Å². The number of nitrogens with zero attached hydrogens (tertiary/aromatic N) is 3. The van der Waals surface area contributed by atoms with E-state index >= 15 is 0 Å². The lowest BCUT2D eigenvalue weighted by Crippen LogP contribution is -2.21. The Morgan fingerprint density at radius 3 is 2.95 bits per heavy atom. The zero-order chi connectivity index (χ0) is 15.5. The van der Waals surface area contributed by atoms with E-state index in [0.29, 0.717) is 11.3 Å². The molecule has 1 aliphatic rings. The number of nitrogens with one attached hydrogen (secondary N) is 1. The molecule has 0 saturated carbocycles. The smallest absolute Gasteiger partial charge is 0.148 e. The molecule has 2 atom stereocenters. The minimum atomic E-state index is 0.352. The lowest BCUT2D eigenvalue weighted by atomic mass is 10.0. The van der Waals surface area contributed by atoms with Crippen LogP contribution in [0.25, 0.3) is 0 Å². The Labute approximate surface area is 136 Å². The van der Waals surface area contributed by atoms with Crippen molar-refractivity contribution in [3.05, 3.63) is 42.1 Å². The number of benzene rings is 1. The molecule has 0 fully saturated rings. The molecule has 1 aromatic carbocycles. The Hall–Kier alpha value is -1.46. The summed E-state index contributed by atoms with van der Waals surface area (Å²) in [6.07, 6.45) is 3.19. The van der Waals surface area contributed by atoms with Crippen molar-refractivity contribution < 1.29 is 0 Å². The fourth-order valence-electron chi connectivity index (χ4n) is 2.78. The van der Waals surface area contributed by atoms with E-state index in [-0.39, 0.29) is 0 Å². The molecule has 118 valence electrons. The maximum absolute atomic E-state index is 4.65. The number of rotatable bonds is 5. The molecule has 0 saturated heterocycles. The van der Waals surface area contributed by atoms with Gasteiger partial charge in [0.2, 0.25) is 0 Å². The lowest BCUT2D eigenvalue weighted by molar-refractivity contribution is 0.373. The highest BCUT2D eigenvalue weighted by atomic mass is 32.2. The molecule has 0 aliphatic carbocycles. The fraction of sp³-hybridized carbons (Fsp3) is 0.471. The molecule has 1 aromatic heterocycles. The monoisotopic (exact) mass is 316 g/mol. The molecule has 1 aliphatic heterocycles. The van der Waals surface area contributed by atoms with Gasteiger partial charge in [0, 0.05) is 29.0 Å². The Morgan fingerprint density at radius 2 is 2.14 bits per heavy atom. The number of hydrogen-bond donors (Lipinski definition) is 1. The van der Waals surface area contributed by atoms with Gasteiger partial charge in [0.1, 0.15) is 5.82 Å². The number of hydrogen-bond acceptors (Lipinski definition) is 4. The van der Waals surface area contributed by atoms with Gasteiger partial charge in [0.15, 0.2) is 0 Å². The van der Waals surface area contributed by atoms with Gasteiger partial charge in [-0.15, -0.1) is 11.8 Å². The van der Waals surface area contributed by atoms with Gasteiger partial charge in [-0.2, -0.15) is 5.10 Å². The van der Waals surface area contributed by atoms with E-state index in [9.17, 15) is 0 Å². The average molecular weight is 316 g/mol. The highest BCUT2D eigenvalue weighted by Crippen LogP contribution is 2.41. The number of likely N-dealkylation sites (N-methyl/N-ethyl adjacent to an activating group) is 1. The van der Waals surface area contributed by atoms with Crippen LogP contribution in [0.5, 0.6) is 0 Å². The van der Waals surface area contributed by atoms with Gasteiger partial charge < -0.3 is 10.2 Å². The lowest BCUT2D eigenvalue weighted by Gasteiger charge is -2.29. The molecule has 2 aromatic rings. The number of anilines is 1. The minimum Gasteiger partial charge on any atom is -0.362 e. The van der Waals surface area contributed by atoms with E-state index in [2.05, 4.69) is 72.9 Å². The van der Waals surface area contributed by atoms with Crippen LogP contribution in [-0.4, -0.2) is 40.6 Å². The Morgan fingerprint density at radius 1 is 1.32 bits per heavy atom. The first-order valence-corrected chi connectivity index (χ1v) is 8.70. The first-order valence-electron chi connectivity index (χ1n) is 7.82. The van der Waals surface area contributed by atoms with Crippen molar-refractivity contribution in [2.24, 2.45) is 0 Å². The maximum Gasteiger partial charge on any atom is 0.148 e. The zero-order valence-corrected chi connectivity index (χ0v) is 14.3. The molecule has 1 N–H and O–H groups in total. The van der Waals surface area contributed by atoms with Crippen molar-refractivity contribution in [1.29, 1.82) is 0 Å². The Balaban J connectivity index is 1.71. The van der Waals surface area contributed by atoms with Crippen molar-refractivity contribution in [1.82, 2.24) is 14.7 Å². The normalized spacial score (nSPS) is 20.9. The predicted molar refractivity (Wildman–Crippen MR) is 93.5 cm³/mol. The summed E-state index contributed by atoms with van der Waals surface area (Å²) in [5, 5.41) is 8.89. The summed E-state index contributed by atoms with van der Waals surface area (Å²) in [6.45, 7) is 4.22. The number of aromatic nitrogens is 2. The fourth-order valence-corrected chi connectivity index (χ4v) is 4.01. The van der Waals surface area contributed by atoms with Crippen LogP contribution >= 0.6 is 11.8 Å². The van der Waals surface area contributed by atoms with E-state index in [1.807, 2.05) is 16.4 Å². The van der Waals surface area contributed by atoms with E-state index in [0.717, 1.165) is 25.3 Å². The molecule has 2 heterocycles. The van der Waals surface area contributed by atoms with Crippen molar-refractivity contribution in [3.8, 4) is 0 Å². The van der Waals surface area contributed by atoms with Gasteiger partial charge in [-0.3, -0.25) is 4.68 Å². The average Bonchev–Trinajstić information content (AvgIpc) is 2.92. The van der Waals surface area contributed by atoms with Crippen molar-refractivity contribution in [2.75, 3.05) is 26.0 Å². The summed E-state index contributed by atoms with van der Waals surface area (Å²) in [5.74, 6) is 0.970. The van der Waals surface area contributed by atoms with Crippen LogP contribution in [0.1, 0.15) is 24.9 Å². The summed E-state index contributed by atoms with van der Waals surface area (Å²) < 4.78 is 2.01. The second-order valence-corrected chi connectivity index (χ2v) is 7.65. The predicted octanol–water partition coefficient (Wildman–Crippen LogP) is 3.48. The van der Waals surface area contributed by atoms with E-state index in [4.69, 9.17) is 0 Å². The molecule has 3 rings (SSSR count). The Kier molecular flexibility index (Phi) is 4.74. The largest absolute Gasteiger partial charge is 0.362 e. The second kappa shape index (κ2) is 6.75. The SMILES string of the molecule is C[C@H]1C[C@H](Nc2ccn(CCN(C)C)n2)c2ccccc2S1. The standard InChI is InChI=1S/C17H24N4S/c1-13-12-15(14-6-4-5-7-16(14)22-13)18-17-8-9-21(19-17)11-10-20(2)3/h4-9,13,15H,10-12H2,1-3H3,(H,18,19)/t13-,15-/m0/s1. The second-order valence-electron chi connectivity index (χ2n) is 6.17. The van der Waals surface area contributed by atoms with Crippen LogP contribution < -0.4 is 5.32 Å². The molecule has 0 bridgehead atoms. The van der Waals surface area contributed by atoms with Crippen molar-refractivity contribution in [3.63, 3.8) is 0 Å². The van der Waals surface area contributed by atoms with Gasteiger partial charge in [0.05, 0.1) is 12.6 Å². The quantitative estimate of drug-likeness (QED) is 0.915. The van der Waals surface area contributed by atoms with E-state index < -0.39 is 0 Å². The van der Waals surface area contributed by atoms with Crippen molar-refractivity contribution >= 4 is 17.6 Å². The molecular weight excluding hydrogens is 292 g/mol. The highest BCUT2D eigenvalue weighted by molar-refractivity contribution is 8.00. The van der Waals surface area contributed by atoms with Crippen LogP contribution in [0, 0.1) is 0 Å². The first kappa shape index (κ1) is 15.4. The maximum atomic E-state index is 4.65. The number of fused-ring (bicyclic) bond motifs is 1. The summed E-state index contributed by atoms with van der Waals surface area (Å²) in [4.78, 5) is 3.57. The third-order valence-electron chi connectivity index (χ3n) is 3.93. The summed E-state index contributed by atoms with van der Waals surface area (Å²) >= 11 is 1.97. The molecule has 0 amide bonds. The van der Waals surface area contributed by atoms with Crippen molar-refractivity contribution in [2.45, 2.75) is 36.1 Å². The first-order chi connectivity index (χ1) is 10.6. The van der Waals surface area contributed by atoms with E-state index in [1.165, 1.54) is 10.5 Å². The molecular formula is C17H24N4S. The molecule has 22 heavy (non-hydrogen) atoms. The van der Waals surface area contributed by atoms with Gasteiger partial charge >= 0.3 is 0 Å². The van der Waals surface area contributed by atoms with Crippen LogP contribution in [0.3, 0.4) is 0 Å². The minimum absolute atomic E-state index is 0.352. The molecule has 0 radical (unpaired) electrons. The van der Waals surface area contributed by atoms with Gasteiger partial charge in [-0.1, -0.05) is 25.1 Å². The third kappa shape index (κ3) is 3.65. The van der Waals surface area contributed by atoms with Crippen LogP contribution in [0.15, 0.2) is 41.4 Å². The molecule has 0 spiro atoms. The zero-order valence-electron chi connectivity index (χ0n) is 13.5. The summed E-state index contributed by atoms with van der Waals surface area (Å²) in [6, 6.07) is 11.1. The third-order valence-corrected chi connectivity index (χ3v) is 5.15. The summed E-state index contributed by atoms with van der Waals surface area (Å²) in [7, 11) is 4.17. The Bertz CT molecular complexity index is 623.